The van der Waals surface area contributed by atoms with Gasteiger partial charge in [-0.1, -0.05) is 12.8 Å². The van der Waals surface area contributed by atoms with Crippen molar-refractivity contribution in [3.8, 4) is 0 Å². The Balaban J connectivity index is 0.00000300. The van der Waals surface area contributed by atoms with Crippen molar-refractivity contribution in [3.63, 3.8) is 0 Å². The van der Waals surface area contributed by atoms with Crippen LogP contribution in [0.4, 0.5) is 0 Å². The van der Waals surface area contributed by atoms with E-state index in [-0.39, 0.29) is 29.5 Å². The van der Waals surface area contributed by atoms with Crippen LogP contribution in [-0.2, 0) is 9.47 Å². The second-order valence-electron chi connectivity index (χ2n) is 9.03. The Morgan fingerprint density at radius 2 is 1.72 bits per heavy atom. The van der Waals surface area contributed by atoms with Crippen LogP contribution in [-0.4, -0.2) is 76.1 Å². The Labute approximate surface area is 195 Å². The standard InChI is InChI=1S/C22H42N4O2.HI/c1-3-23-20(24-18-21(10-15-27-2)8-4-5-9-21)25-19-22(11-16-28-17-12-22)26-13-6-7-14-26;/h3-19H2,1-2H3,(H2,23,24,25);1H. The van der Waals surface area contributed by atoms with E-state index in [1.807, 2.05) is 7.11 Å². The van der Waals surface area contributed by atoms with Crippen LogP contribution in [0.25, 0.3) is 0 Å². The number of likely N-dealkylation sites (tertiary alicyclic amines) is 1. The van der Waals surface area contributed by atoms with Gasteiger partial charge in [-0.25, -0.2) is 0 Å². The van der Waals surface area contributed by atoms with Crippen molar-refractivity contribution in [1.82, 2.24) is 15.5 Å². The summed E-state index contributed by atoms with van der Waals surface area (Å²) in [7, 11) is 1.81. The first-order chi connectivity index (χ1) is 13.7. The molecule has 1 aliphatic carbocycles. The summed E-state index contributed by atoms with van der Waals surface area (Å²) in [4.78, 5) is 7.76. The number of methoxy groups -OCH3 is 1. The van der Waals surface area contributed by atoms with Crippen molar-refractivity contribution in [2.45, 2.75) is 70.3 Å². The van der Waals surface area contributed by atoms with Gasteiger partial charge in [0.15, 0.2) is 5.96 Å². The molecule has 0 aromatic heterocycles. The van der Waals surface area contributed by atoms with Crippen molar-refractivity contribution in [2.75, 3.05) is 59.7 Å². The van der Waals surface area contributed by atoms with Crippen LogP contribution in [0.15, 0.2) is 4.99 Å². The molecule has 0 atom stereocenters. The molecule has 0 aromatic rings. The number of rotatable bonds is 9. The van der Waals surface area contributed by atoms with E-state index >= 15 is 0 Å². The summed E-state index contributed by atoms with van der Waals surface area (Å²) in [5, 5.41) is 7.20. The number of hydrogen-bond donors (Lipinski definition) is 2. The number of nitrogens with zero attached hydrogens (tertiary/aromatic N) is 2. The normalized spacial score (nSPS) is 24.3. The van der Waals surface area contributed by atoms with E-state index in [2.05, 4.69) is 22.5 Å². The molecule has 0 bridgehead atoms. The van der Waals surface area contributed by atoms with Crippen molar-refractivity contribution >= 4 is 29.9 Å². The number of hydrogen-bond acceptors (Lipinski definition) is 4. The fourth-order valence-corrected chi connectivity index (χ4v) is 5.32. The number of ether oxygens (including phenoxy) is 2. The van der Waals surface area contributed by atoms with Crippen molar-refractivity contribution in [3.05, 3.63) is 0 Å². The zero-order valence-electron chi connectivity index (χ0n) is 18.6. The van der Waals surface area contributed by atoms with E-state index in [4.69, 9.17) is 14.5 Å². The van der Waals surface area contributed by atoms with Crippen LogP contribution in [0.1, 0.15) is 64.7 Å². The summed E-state index contributed by atoms with van der Waals surface area (Å²) in [6, 6.07) is 0. The summed E-state index contributed by atoms with van der Waals surface area (Å²) < 4.78 is 11.1. The lowest BCUT2D eigenvalue weighted by Crippen LogP contribution is -2.58. The van der Waals surface area contributed by atoms with Crippen LogP contribution in [0, 0.1) is 5.41 Å². The zero-order chi connectivity index (χ0) is 19.7. The second kappa shape index (κ2) is 12.7. The quantitative estimate of drug-likeness (QED) is 0.276. The van der Waals surface area contributed by atoms with E-state index in [0.717, 1.165) is 64.7 Å². The molecule has 0 radical (unpaired) electrons. The zero-order valence-corrected chi connectivity index (χ0v) is 21.0. The summed E-state index contributed by atoms with van der Waals surface area (Å²) in [5.41, 5.74) is 0.565. The Morgan fingerprint density at radius 1 is 1.03 bits per heavy atom. The molecular formula is C22H43IN4O2. The van der Waals surface area contributed by atoms with Crippen LogP contribution in [0.5, 0.6) is 0 Å². The minimum Gasteiger partial charge on any atom is -0.385 e. The average molecular weight is 523 g/mol. The molecule has 3 fully saturated rings. The van der Waals surface area contributed by atoms with E-state index in [1.165, 1.54) is 51.6 Å². The summed E-state index contributed by atoms with van der Waals surface area (Å²) in [5.74, 6) is 0.983. The molecule has 0 amide bonds. The lowest BCUT2D eigenvalue weighted by atomic mass is 9.83. The number of aliphatic imine (C=N–C) groups is 1. The van der Waals surface area contributed by atoms with Gasteiger partial charge in [0.1, 0.15) is 0 Å². The highest BCUT2D eigenvalue weighted by Gasteiger charge is 2.40. The topological polar surface area (TPSA) is 58.1 Å². The molecule has 0 aromatic carbocycles. The molecule has 2 N–H and O–H groups in total. The van der Waals surface area contributed by atoms with Gasteiger partial charge in [-0.3, -0.25) is 9.89 Å². The monoisotopic (exact) mass is 522 g/mol. The molecule has 29 heavy (non-hydrogen) atoms. The predicted octanol–water partition coefficient (Wildman–Crippen LogP) is 3.40. The van der Waals surface area contributed by atoms with Crippen molar-refractivity contribution in [1.29, 1.82) is 0 Å². The molecular weight excluding hydrogens is 479 g/mol. The molecule has 0 spiro atoms. The Bertz CT molecular complexity index is 485. The molecule has 3 rings (SSSR count). The number of nitrogens with one attached hydrogen (secondary N) is 2. The SMILES string of the molecule is CCNC(=NCC1(CCOC)CCCC1)NCC1(N2CCCC2)CCOCC1.I. The largest absolute Gasteiger partial charge is 0.385 e. The van der Waals surface area contributed by atoms with Crippen LogP contribution in [0.3, 0.4) is 0 Å². The molecule has 2 aliphatic heterocycles. The molecule has 2 heterocycles. The lowest BCUT2D eigenvalue weighted by Gasteiger charge is -2.45. The minimum absolute atomic E-state index is 0. The van der Waals surface area contributed by atoms with E-state index < -0.39 is 0 Å². The Kier molecular flexibility index (Phi) is 11.0. The number of halogens is 1. The highest BCUT2D eigenvalue weighted by Crippen LogP contribution is 2.41. The van der Waals surface area contributed by atoms with Crippen LogP contribution in [0.2, 0.25) is 0 Å². The second-order valence-corrected chi connectivity index (χ2v) is 9.03. The third-order valence-corrected chi connectivity index (χ3v) is 7.20. The smallest absolute Gasteiger partial charge is 0.191 e. The van der Waals surface area contributed by atoms with Gasteiger partial charge in [0.25, 0.3) is 0 Å². The predicted molar refractivity (Wildman–Crippen MR) is 130 cm³/mol. The highest BCUT2D eigenvalue weighted by atomic mass is 127. The Morgan fingerprint density at radius 3 is 2.34 bits per heavy atom. The third kappa shape index (κ3) is 6.94. The van der Waals surface area contributed by atoms with Gasteiger partial charge in [0, 0.05) is 52.1 Å². The van der Waals surface area contributed by atoms with Crippen molar-refractivity contribution in [2.24, 2.45) is 10.4 Å². The first kappa shape index (κ1) is 25.1. The van der Waals surface area contributed by atoms with Crippen LogP contribution >= 0.6 is 24.0 Å². The maximum atomic E-state index is 5.69. The molecule has 0 unspecified atom stereocenters. The average Bonchev–Trinajstić information content (AvgIpc) is 3.42. The maximum Gasteiger partial charge on any atom is 0.191 e. The summed E-state index contributed by atoms with van der Waals surface area (Å²) in [6.45, 7) is 9.99. The van der Waals surface area contributed by atoms with Gasteiger partial charge in [0.2, 0.25) is 0 Å². The van der Waals surface area contributed by atoms with Gasteiger partial charge in [-0.2, -0.15) is 0 Å². The molecule has 3 aliphatic rings. The minimum atomic E-state index is 0. The first-order valence-electron chi connectivity index (χ1n) is 11.6. The fraction of sp³-hybridized carbons (Fsp3) is 0.955. The van der Waals surface area contributed by atoms with Gasteiger partial charge < -0.3 is 20.1 Å². The molecule has 6 nitrogen and oxygen atoms in total. The molecule has 1 saturated carbocycles. The van der Waals surface area contributed by atoms with Gasteiger partial charge in [-0.15, -0.1) is 24.0 Å². The maximum absolute atomic E-state index is 5.69. The summed E-state index contributed by atoms with van der Waals surface area (Å²) >= 11 is 0. The van der Waals surface area contributed by atoms with Crippen LogP contribution < -0.4 is 10.6 Å². The fourth-order valence-electron chi connectivity index (χ4n) is 5.32. The molecule has 2 saturated heterocycles. The van der Waals surface area contributed by atoms with Gasteiger partial charge in [0.05, 0.1) is 0 Å². The third-order valence-electron chi connectivity index (χ3n) is 7.20. The Hall–Kier alpha value is -0.120. The molecule has 7 heteroatoms. The molecule has 170 valence electrons. The highest BCUT2D eigenvalue weighted by molar-refractivity contribution is 14.0. The van der Waals surface area contributed by atoms with Gasteiger partial charge in [-0.05, 0) is 70.4 Å². The van der Waals surface area contributed by atoms with Crippen molar-refractivity contribution < 1.29 is 9.47 Å². The number of guanidine groups is 1. The summed E-state index contributed by atoms with van der Waals surface area (Å²) in [6.07, 6.45) is 11.3. The van der Waals surface area contributed by atoms with E-state index in [0.29, 0.717) is 5.41 Å². The first-order valence-corrected chi connectivity index (χ1v) is 11.6. The van der Waals surface area contributed by atoms with E-state index in [9.17, 15) is 0 Å². The van der Waals surface area contributed by atoms with E-state index in [1.54, 1.807) is 0 Å². The van der Waals surface area contributed by atoms with Gasteiger partial charge >= 0.3 is 0 Å². The lowest BCUT2D eigenvalue weighted by molar-refractivity contribution is -0.0164.